The predicted octanol–water partition coefficient (Wildman–Crippen LogP) is 2.67. The van der Waals surface area contributed by atoms with E-state index in [2.05, 4.69) is 16.0 Å². The molecule has 124 valence electrons. The summed E-state index contributed by atoms with van der Waals surface area (Å²) < 4.78 is 10.9. The summed E-state index contributed by atoms with van der Waals surface area (Å²) in [7, 11) is 0. The van der Waals surface area contributed by atoms with Crippen molar-refractivity contribution in [3.8, 4) is 0 Å². The molecule has 6 heteroatoms. The molecule has 0 amide bonds. The smallest absolute Gasteiger partial charge is 0.111 e. The molecule has 3 rings (SSSR count). The zero-order valence-electron chi connectivity index (χ0n) is 13.0. The van der Waals surface area contributed by atoms with E-state index in [1.54, 1.807) is 0 Å². The van der Waals surface area contributed by atoms with E-state index >= 15 is 0 Å². The molecular formula is C17H21ClN2O2S. The summed E-state index contributed by atoms with van der Waals surface area (Å²) in [5.41, 5.74) is 2.16. The van der Waals surface area contributed by atoms with Crippen LogP contribution in [0.15, 0.2) is 30.5 Å². The van der Waals surface area contributed by atoms with Crippen molar-refractivity contribution in [2.75, 3.05) is 52.6 Å². The van der Waals surface area contributed by atoms with Crippen molar-refractivity contribution < 1.29 is 9.47 Å². The van der Waals surface area contributed by atoms with Crippen LogP contribution in [0.1, 0.15) is 5.56 Å². The molecule has 1 aromatic carbocycles. The maximum absolute atomic E-state index is 6.03. The number of hydrogen-bond donors (Lipinski definition) is 0. The molecule has 2 heterocycles. The Labute approximate surface area is 147 Å². The van der Waals surface area contributed by atoms with Crippen LogP contribution in [-0.2, 0) is 9.47 Å². The predicted molar refractivity (Wildman–Crippen MR) is 96.8 cm³/mol. The number of benzene rings is 1. The van der Waals surface area contributed by atoms with Crippen LogP contribution in [0.5, 0.6) is 0 Å². The zero-order valence-corrected chi connectivity index (χ0v) is 14.6. The Balaban J connectivity index is 1.86. The van der Waals surface area contributed by atoms with E-state index in [0.29, 0.717) is 0 Å². The Morgan fingerprint density at radius 3 is 2.13 bits per heavy atom. The van der Waals surface area contributed by atoms with Gasteiger partial charge in [-0.05, 0) is 17.7 Å². The van der Waals surface area contributed by atoms with E-state index in [-0.39, 0.29) is 0 Å². The van der Waals surface area contributed by atoms with Crippen molar-refractivity contribution in [2.24, 2.45) is 0 Å². The Kier molecular flexibility index (Phi) is 5.89. The first-order chi connectivity index (χ1) is 11.2. The average Bonchev–Trinajstić information content (AvgIpc) is 2.62. The van der Waals surface area contributed by atoms with Gasteiger partial charge in [0.15, 0.2) is 0 Å². The normalized spacial score (nSPS) is 19.8. The summed E-state index contributed by atoms with van der Waals surface area (Å²) in [6, 6.07) is 7.88. The van der Waals surface area contributed by atoms with E-state index in [4.69, 9.17) is 33.3 Å². The first-order valence-electron chi connectivity index (χ1n) is 7.90. The van der Waals surface area contributed by atoms with Crippen molar-refractivity contribution in [3.05, 3.63) is 41.1 Å². The highest BCUT2D eigenvalue weighted by atomic mass is 35.5. The second-order valence-electron chi connectivity index (χ2n) is 5.60. The highest BCUT2D eigenvalue weighted by Crippen LogP contribution is 2.23. The van der Waals surface area contributed by atoms with Crippen molar-refractivity contribution in [3.63, 3.8) is 0 Å². The van der Waals surface area contributed by atoms with Crippen LogP contribution in [0, 0.1) is 0 Å². The Hall–Kier alpha value is -1.14. The molecule has 0 N–H and O–H groups in total. The molecule has 23 heavy (non-hydrogen) atoms. The van der Waals surface area contributed by atoms with Crippen molar-refractivity contribution in [2.45, 2.75) is 0 Å². The molecular weight excluding hydrogens is 332 g/mol. The lowest BCUT2D eigenvalue weighted by molar-refractivity contribution is 0.0595. The Morgan fingerprint density at radius 1 is 0.957 bits per heavy atom. The lowest BCUT2D eigenvalue weighted by Crippen LogP contribution is -2.41. The van der Waals surface area contributed by atoms with Gasteiger partial charge in [-0.2, -0.15) is 0 Å². The largest absolute Gasteiger partial charge is 0.378 e. The molecule has 2 aliphatic heterocycles. The van der Waals surface area contributed by atoms with Gasteiger partial charge in [-0.3, -0.25) is 0 Å². The van der Waals surface area contributed by atoms with Crippen molar-refractivity contribution in [1.82, 2.24) is 9.80 Å². The SMILES string of the molecule is S=C(/C(=C\N1CCOCC1)c1ccc(Cl)cc1)N1CCOCC1. The van der Waals surface area contributed by atoms with Gasteiger partial charge in [0.25, 0.3) is 0 Å². The fourth-order valence-corrected chi connectivity index (χ4v) is 3.19. The van der Waals surface area contributed by atoms with E-state index in [1.165, 1.54) is 0 Å². The summed E-state index contributed by atoms with van der Waals surface area (Å²) in [5, 5.41) is 0.733. The molecule has 0 saturated carbocycles. The van der Waals surface area contributed by atoms with Crippen molar-refractivity contribution in [1.29, 1.82) is 0 Å². The van der Waals surface area contributed by atoms with Crippen LogP contribution in [0.4, 0.5) is 0 Å². The van der Waals surface area contributed by atoms with E-state index < -0.39 is 0 Å². The summed E-state index contributed by atoms with van der Waals surface area (Å²) >= 11 is 11.8. The van der Waals surface area contributed by atoms with E-state index in [0.717, 1.165) is 73.8 Å². The van der Waals surface area contributed by atoms with Gasteiger partial charge in [0.2, 0.25) is 0 Å². The van der Waals surface area contributed by atoms with Crippen LogP contribution in [0.2, 0.25) is 5.02 Å². The summed E-state index contributed by atoms with van der Waals surface area (Å²) in [6.07, 6.45) is 2.17. The molecule has 0 spiro atoms. The van der Waals surface area contributed by atoms with Gasteiger partial charge in [0, 0.05) is 43.0 Å². The van der Waals surface area contributed by atoms with Crippen LogP contribution in [0.3, 0.4) is 0 Å². The number of rotatable bonds is 3. The third-order valence-corrected chi connectivity index (χ3v) is 4.77. The maximum atomic E-state index is 6.03. The average molecular weight is 353 g/mol. The third-order valence-electron chi connectivity index (χ3n) is 4.04. The second kappa shape index (κ2) is 8.11. The third kappa shape index (κ3) is 4.44. The van der Waals surface area contributed by atoms with Gasteiger partial charge in [0.05, 0.1) is 26.4 Å². The highest BCUT2D eigenvalue weighted by molar-refractivity contribution is 7.81. The second-order valence-corrected chi connectivity index (χ2v) is 6.43. The quantitative estimate of drug-likeness (QED) is 0.615. The lowest BCUT2D eigenvalue weighted by Gasteiger charge is -2.32. The highest BCUT2D eigenvalue weighted by Gasteiger charge is 2.20. The van der Waals surface area contributed by atoms with Gasteiger partial charge in [0.1, 0.15) is 4.99 Å². The minimum atomic E-state index is 0.728. The van der Waals surface area contributed by atoms with Gasteiger partial charge >= 0.3 is 0 Å². The van der Waals surface area contributed by atoms with E-state index in [9.17, 15) is 0 Å². The molecule has 0 aromatic heterocycles. The maximum Gasteiger partial charge on any atom is 0.111 e. The fourth-order valence-electron chi connectivity index (χ4n) is 2.71. The van der Waals surface area contributed by atoms with Crippen LogP contribution in [-0.4, -0.2) is 67.4 Å². The molecule has 0 bridgehead atoms. The summed E-state index contributed by atoms with van der Waals surface area (Å²) in [4.78, 5) is 5.38. The number of nitrogens with zero attached hydrogens (tertiary/aromatic N) is 2. The van der Waals surface area contributed by atoms with Gasteiger partial charge < -0.3 is 19.3 Å². The molecule has 4 nitrogen and oxygen atoms in total. The molecule has 2 aliphatic rings. The number of halogens is 1. The molecule has 1 aromatic rings. The van der Waals surface area contributed by atoms with Crippen molar-refractivity contribution >= 4 is 34.4 Å². The summed E-state index contributed by atoms with van der Waals surface area (Å²) in [5.74, 6) is 0. The molecule has 0 radical (unpaired) electrons. The van der Waals surface area contributed by atoms with Crippen LogP contribution in [0.25, 0.3) is 5.57 Å². The lowest BCUT2D eigenvalue weighted by atomic mass is 10.1. The van der Waals surface area contributed by atoms with Gasteiger partial charge in [-0.25, -0.2) is 0 Å². The monoisotopic (exact) mass is 352 g/mol. The number of thiocarbonyl (C=S) groups is 1. The van der Waals surface area contributed by atoms with Gasteiger partial charge in [-0.1, -0.05) is 36.0 Å². The topological polar surface area (TPSA) is 24.9 Å². The summed E-state index contributed by atoms with van der Waals surface area (Å²) in [6.45, 7) is 6.44. The zero-order chi connectivity index (χ0) is 16.1. The van der Waals surface area contributed by atoms with Gasteiger partial charge in [-0.15, -0.1) is 0 Å². The van der Waals surface area contributed by atoms with Crippen LogP contribution >= 0.6 is 23.8 Å². The number of morpholine rings is 2. The first-order valence-corrected chi connectivity index (χ1v) is 8.69. The number of hydrogen-bond acceptors (Lipinski definition) is 4. The molecule has 2 fully saturated rings. The Morgan fingerprint density at radius 2 is 1.52 bits per heavy atom. The minimum absolute atomic E-state index is 0.728. The first kappa shape index (κ1) is 16.7. The minimum Gasteiger partial charge on any atom is -0.378 e. The van der Waals surface area contributed by atoms with E-state index in [1.807, 2.05) is 24.3 Å². The fraction of sp³-hybridized carbons (Fsp3) is 0.471. The number of ether oxygens (including phenoxy) is 2. The molecule has 0 aliphatic carbocycles. The Bertz CT molecular complexity index is 564. The molecule has 2 saturated heterocycles. The molecule has 0 unspecified atom stereocenters. The standard InChI is InChI=1S/C17H21ClN2O2S/c18-15-3-1-14(2-4-15)16(13-19-5-9-21-10-6-19)17(23)20-7-11-22-12-8-20/h1-4,13H,5-12H2/b16-13-. The molecule has 0 atom stereocenters. The van der Waals surface area contributed by atoms with Crippen LogP contribution < -0.4 is 0 Å².